The minimum absolute atomic E-state index is 0.0313. The molecule has 1 aromatic carbocycles. The number of hydrogen-bond donors (Lipinski definition) is 1. The molecular weight excluding hydrogens is 226 g/mol. The number of esters is 1. The normalized spacial score (nSPS) is 34.3. The summed E-state index contributed by atoms with van der Waals surface area (Å²) in [5.41, 5.74) is 1.27. The van der Waals surface area contributed by atoms with E-state index in [0.717, 1.165) is 12.8 Å². The highest BCUT2D eigenvalue weighted by molar-refractivity contribution is 5.75. The van der Waals surface area contributed by atoms with Gasteiger partial charge in [-0.15, -0.1) is 0 Å². The van der Waals surface area contributed by atoms with E-state index < -0.39 is 0 Å². The Balaban J connectivity index is 1.93. The lowest BCUT2D eigenvalue weighted by molar-refractivity contribution is -0.148. The van der Waals surface area contributed by atoms with Gasteiger partial charge in [0.05, 0.1) is 13.0 Å². The van der Waals surface area contributed by atoms with Gasteiger partial charge in [-0.25, -0.2) is 0 Å². The highest BCUT2D eigenvalue weighted by Gasteiger charge is 2.46. The third kappa shape index (κ3) is 1.93. The lowest BCUT2D eigenvalue weighted by Gasteiger charge is -2.36. The van der Waals surface area contributed by atoms with Gasteiger partial charge in [-0.2, -0.15) is 0 Å². The van der Waals surface area contributed by atoms with Gasteiger partial charge >= 0.3 is 5.97 Å². The first-order valence-corrected chi connectivity index (χ1v) is 6.68. The Morgan fingerprint density at radius 1 is 1.28 bits per heavy atom. The lowest BCUT2D eigenvalue weighted by atomic mass is 9.77. The first-order chi connectivity index (χ1) is 8.79. The van der Waals surface area contributed by atoms with Crippen LogP contribution in [0, 0.1) is 5.92 Å². The van der Waals surface area contributed by atoms with Crippen molar-refractivity contribution in [1.82, 2.24) is 5.32 Å². The van der Waals surface area contributed by atoms with Gasteiger partial charge in [0, 0.05) is 18.0 Å². The predicted octanol–water partition coefficient (Wildman–Crippen LogP) is 2.08. The van der Waals surface area contributed by atoms with E-state index in [9.17, 15) is 4.79 Å². The van der Waals surface area contributed by atoms with Crippen LogP contribution in [0.3, 0.4) is 0 Å². The van der Waals surface area contributed by atoms with E-state index in [1.807, 2.05) is 18.2 Å². The average Bonchev–Trinajstić information content (AvgIpc) is 2.80. The molecule has 0 aliphatic carbocycles. The van der Waals surface area contributed by atoms with Crippen LogP contribution >= 0.6 is 0 Å². The summed E-state index contributed by atoms with van der Waals surface area (Å²) in [6.07, 6.45) is 3.32. The minimum atomic E-state index is -0.0679. The molecule has 0 spiro atoms. The smallest absolute Gasteiger partial charge is 0.310 e. The quantitative estimate of drug-likeness (QED) is 0.811. The Labute approximate surface area is 108 Å². The SMILES string of the molecule is COC(=O)[C@@H]1C2CC[C@H](C[C@@H]1c1ccccc1)N2. The van der Waals surface area contributed by atoms with Crippen LogP contribution in [0.25, 0.3) is 0 Å². The van der Waals surface area contributed by atoms with Gasteiger partial charge in [0.25, 0.3) is 0 Å². The molecule has 2 fully saturated rings. The number of piperidine rings is 1. The van der Waals surface area contributed by atoms with E-state index in [4.69, 9.17) is 4.74 Å². The fourth-order valence-corrected chi connectivity index (χ4v) is 3.56. The molecule has 1 unspecified atom stereocenters. The fraction of sp³-hybridized carbons (Fsp3) is 0.533. The van der Waals surface area contributed by atoms with Crippen LogP contribution in [0.15, 0.2) is 30.3 Å². The second-order valence-electron chi connectivity index (χ2n) is 5.35. The molecule has 4 atom stereocenters. The third-order valence-corrected chi connectivity index (χ3v) is 4.38. The van der Waals surface area contributed by atoms with E-state index in [1.165, 1.54) is 19.1 Å². The highest BCUT2D eigenvalue weighted by atomic mass is 16.5. The zero-order valence-electron chi connectivity index (χ0n) is 10.6. The van der Waals surface area contributed by atoms with Gasteiger partial charge in [0.15, 0.2) is 0 Å². The number of carbonyl (C=O) groups excluding carboxylic acids is 1. The Kier molecular flexibility index (Phi) is 3.08. The average molecular weight is 245 g/mol. The van der Waals surface area contributed by atoms with Gasteiger partial charge in [-0.05, 0) is 24.8 Å². The number of benzene rings is 1. The van der Waals surface area contributed by atoms with Gasteiger partial charge in [0.1, 0.15) is 0 Å². The van der Waals surface area contributed by atoms with Crippen molar-refractivity contribution in [3.05, 3.63) is 35.9 Å². The first-order valence-electron chi connectivity index (χ1n) is 6.68. The number of nitrogens with one attached hydrogen (secondary N) is 1. The molecule has 1 N–H and O–H groups in total. The Morgan fingerprint density at radius 3 is 2.78 bits per heavy atom. The second kappa shape index (κ2) is 4.73. The zero-order valence-corrected chi connectivity index (χ0v) is 10.6. The highest BCUT2D eigenvalue weighted by Crippen LogP contribution is 2.42. The summed E-state index contributed by atoms with van der Waals surface area (Å²) >= 11 is 0. The molecule has 0 radical (unpaired) electrons. The standard InChI is InChI=1S/C15H19NO2/c1-18-15(17)14-12(10-5-3-2-4-6-10)9-11-7-8-13(14)16-11/h2-6,11-14,16H,7-9H2,1H3/t11-,12-,13?,14+/m1/s1. The molecule has 3 rings (SSSR count). The maximum atomic E-state index is 12.1. The maximum absolute atomic E-state index is 12.1. The van der Waals surface area contributed by atoms with Crippen molar-refractivity contribution >= 4 is 5.97 Å². The van der Waals surface area contributed by atoms with Crippen LogP contribution in [0.2, 0.25) is 0 Å². The van der Waals surface area contributed by atoms with Crippen molar-refractivity contribution in [2.45, 2.75) is 37.3 Å². The maximum Gasteiger partial charge on any atom is 0.310 e. The minimum Gasteiger partial charge on any atom is -0.469 e. The number of ether oxygens (including phenoxy) is 1. The van der Waals surface area contributed by atoms with Crippen molar-refractivity contribution in [3.8, 4) is 0 Å². The molecule has 2 saturated heterocycles. The fourth-order valence-electron chi connectivity index (χ4n) is 3.56. The molecule has 2 heterocycles. The Bertz CT molecular complexity index is 431. The summed E-state index contributed by atoms with van der Waals surface area (Å²) in [6.45, 7) is 0. The summed E-state index contributed by atoms with van der Waals surface area (Å²) in [7, 11) is 1.49. The van der Waals surface area contributed by atoms with Crippen LogP contribution in [0.1, 0.15) is 30.7 Å². The van der Waals surface area contributed by atoms with Crippen molar-refractivity contribution in [2.75, 3.05) is 7.11 Å². The summed E-state index contributed by atoms with van der Waals surface area (Å²) < 4.78 is 5.01. The largest absolute Gasteiger partial charge is 0.469 e. The molecular formula is C15H19NO2. The van der Waals surface area contributed by atoms with Crippen LogP contribution in [0.4, 0.5) is 0 Å². The molecule has 0 saturated carbocycles. The number of rotatable bonds is 2. The molecule has 2 bridgehead atoms. The monoisotopic (exact) mass is 245 g/mol. The summed E-state index contributed by atoms with van der Waals surface area (Å²) in [6, 6.07) is 11.2. The first kappa shape index (κ1) is 11.7. The van der Waals surface area contributed by atoms with Gasteiger partial charge in [0.2, 0.25) is 0 Å². The number of fused-ring (bicyclic) bond motifs is 2. The van der Waals surface area contributed by atoms with Crippen molar-refractivity contribution in [3.63, 3.8) is 0 Å². The van der Waals surface area contributed by atoms with Gasteiger partial charge in [-0.1, -0.05) is 30.3 Å². The topological polar surface area (TPSA) is 38.3 Å². The van der Waals surface area contributed by atoms with E-state index in [2.05, 4.69) is 17.4 Å². The van der Waals surface area contributed by atoms with Crippen molar-refractivity contribution in [2.24, 2.45) is 5.92 Å². The summed E-state index contributed by atoms with van der Waals surface area (Å²) in [5, 5.41) is 3.55. The van der Waals surface area contributed by atoms with Crippen LogP contribution in [-0.4, -0.2) is 25.2 Å². The number of hydrogen-bond acceptors (Lipinski definition) is 3. The van der Waals surface area contributed by atoms with Gasteiger partial charge in [-0.3, -0.25) is 4.79 Å². The van der Waals surface area contributed by atoms with Crippen LogP contribution < -0.4 is 5.32 Å². The van der Waals surface area contributed by atoms with Gasteiger partial charge < -0.3 is 10.1 Å². The van der Waals surface area contributed by atoms with Crippen LogP contribution in [-0.2, 0) is 9.53 Å². The van der Waals surface area contributed by atoms with Crippen LogP contribution in [0.5, 0.6) is 0 Å². The molecule has 2 aliphatic heterocycles. The van der Waals surface area contributed by atoms with E-state index >= 15 is 0 Å². The third-order valence-electron chi connectivity index (χ3n) is 4.38. The van der Waals surface area contributed by atoms with E-state index in [0.29, 0.717) is 18.0 Å². The molecule has 2 aliphatic rings. The molecule has 96 valence electrons. The van der Waals surface area contributed by atoms with Crippen molar-refractivity contribution in [1.29, 1.82) is 0 Å². The lowest BCUT2D eigenvalue weighted by Crippen LogP contribution is -2.48. The Hall–Kier alpha value is -1.35. The van der Waals surface area contributed by atoms with E-state index in [1.54, 1.807) is 0 Å². The molecule has 0 aromatic heterocycles. The van der Waals surface area contributed by atoms with Crippen molar-refractivity contribution < 1.29 is 9.53 Å². The molecule has 0 amide bonds. The molecule has 3 nitrogen and oxygen atoms in total. The Morgan fingerprint density at radius 2 is 2.06 bits per heavy atom. The molecule has 1 aromatic rings. The summed E-state index contributed by atoms with van der Waals surface area (Å²) in [4.78, 5) is 12.1. The number of methoxy groups -OCH3 is 1. The second-order valence-corrected chi connectivity index (χ2v) is 5.35. The summed E-state index contributed by atoms with van der Waals surface area (Å²) in [5.74, 6) is 0.204. The molecule has 3 heteroatoms. The molecule has 18 heavy (non-hydrogen) atoms. The number of carbonyl (C=O) groups is 1. The zero-order chi connectivity index (χ0) is 12.5. The predicted molar refractivity (Wildman–Crippen MR) is 69.3 cm³/mol. The van der Waals surface area contributed by atoms with E-state index in [-0.39, 0.29) is 11.9 Å².